The summed E-state index contributed by atoms with van der Waals surface area (Å²) in [5.74, 6) is 0.208. The number of fused-ring (bicyclic) bond motifs is 2. The summed E-state index contributed by atoms with van der Waals surface area (Å²) in [7, 11) is 0. The van der Waals surface area contributed by atoms with Crippen molar-refractivity contribution in [3.63, 3.8) is 0 Å². The second kappa shape index (κ2) is 6.35. The number of para-hydroxylation sites is 1. The summed E-state index contributed by atoms with van der Waals surface area (Å²) < 4.78 is 6.13. The summed E-state index contributed by atoms with van der Waals surface area (Å²) in [6, 6.07) is 15.9. The normalized spacial score (nSPS) is 11.3. The Hall–Kier alpha value is -3.93. The van der Waals surface area contributed by atoms with Gasteiger partial charge in [-0.1, -0.05) is 24.3 Å². The summed E-state index contributed by atoms with van der Waals surface area (Å²) in [6.07, 6.45) is 3.60. The molecule has 0 bridgehead atoms. The highest BCUT2D eigenvalue weighted by molar-refractivity contribution is 5.99. The molecule has 0 fully saturated rings. The van der Waals surface area contributed by atoms with Crippen molar-refractivity contribution < 1.29 is 9.52 Å². The first-order valence-electron chi connectivity index (χ1n) is 8.81. The van der Waals surface area contributed by atoms with Crippen LogP contribution in [0.2, 0.25) is 0 Å². The van der Waals surface area contributed by atoms with Gasteiger partial charge in [-0.25, -0.2) is 9.97 Å². The molecule has 0 aliphatic rings. The number of phenolic OH excluding ortho intramolecular Hbond substituents is 1. The molecular weight excluding hydrogens is 354 g/mol. The van der Waals surface area contributed by atoms with Crippen molar-refractivity contribution in [3.8, 4) is 17.1 Å². The first-order valence-corrected chi connectivity index (χ1v) is 8.81. The third-order valence-corrected chi connectivity index (χ3v) is 4.75. The van der Waals surface area contributed by atoms with Crippen molar-refractivity contribution in [1.29, 1.82) is 0 Å². The van der Waals surface area contributed by atoms with Gasteiger partial charge in [-0.05, 0) is 35.9 Å². The van der Waals surface area contributed by atoms with Crippen LogP contribution in [0.25, 0.3) is 33.3 Å². The number of rotatable bonds is 3. The predicted octanol–water partition coefficient (Wildman–Crippen LogP) is 4.03. The zero-order valence-electron chi connectivity index (χ0n) is 14.7. The van der Waals surface area contributed by atoms with E-state index in [0.29, 0.717) is 39.7 Å². The molecule has 2 aromatic carbocycles. The fraction of sp³-hybridized carbons (Fsp3) is 0.0455. The summed E-state index contributed by atoms with van der Waals surface area (Å²) in [4.78, 5) is 24.8. The third kappa shape index (κ3) is 2.63. The van der Waals surface area contributed by atoms with E-state index in [1.807, 2.05) is 24.3 Å². The number of hydrogen-bond acceptors (Lipinski definition) is 5. The van der Waals surface area contributed by atoms with Crippen LogP contribution in [0.15, 0.2) is 76.3 Å². The SMILES string of the molecule is O=c1c2ccccc2oc2c(Cc3ccc(O)cc3)[nH]c(-c3ccncn3)c12. The van der Waals surface area contributed by atoms with E-state index in [0.717, 1.165) is 11.3 Å². The van der Waals surface area contributed by atoms with Gasteiger partial charge in [0.1, 0.15) is 17.7 Å². The Morgan fingerprint density at radius 1 is 1.04 bits per heavy atom. The number of nitrogens with zero attached hydrogens (tertiary/aromatic N) is 2. The van der Waals surface area contributed by atoms with E-state index >= 15 is 0 Å². The Kier molecular flexibility index (Phi) is 3.69. The van der Waals surface area contributed by atoms with Crippen LogP contribution >= 0.6 is 0 Å². The Bertz CT molecular complexity index is 1350. The Morgan fingerprint density at radius 2 is 1.86 bits per heavy atom. The molecule has 3 aromatic heterocycles. The molecule has 6 nitrogen and oxygen atoms in total. The number of aromatic amines is 1. The van der Waals surface area contributed by atoms with E-state index < -0.39 is 0 Å². The highest BCUT2D eigenvalue weighted by atomic mass is 16.3. The predicted molar refractivity (Wildman–Crippen MR) is 106 cm³/mol. The maximum atomic E-state index is 13.2. The molecule has 0 spiro atoms. The molecule has 3 heterocycles. The lowest BCUT2D eigenvalue weighted by molar-refractivity contribution is 0.475. The summed E-state index contributed by atoms with van der Waals surface area (Å²) >= 11 is 0. The molecule has 2 N–H and O–H groups in total. The van der Waals surface area contributed by atoms with Crippen LogP contribution < -0.4 is 5.43 Å². The average Bonchev–Trinajstić information content (AvgIpc) is 3.09. The molecule has 0 amide bonds. The number of benzene rings is 2. The van der Waals surface area contributed by atoms with E-state index in [-0.39, 0.29) is 11.2 Å². The number of H-pyrrole nitrogens is 1. The minimum atomic E-state index is -0.0985. The lowest BCUT2D eigenvalue weighted by Gasteiger charge is -2.02. The average molecular weight is 369 g/mol. The van der Waals surface area contributed by atoms with Crippen LogP contribution in [0.3, 0.4) is 0 Å². The largest absolute Gasteiger partial charge is 0.508 e. The highest BCUT2D eigenvalue weighted by Gasteiger charge is 2.20. The first kappa shape index (κ1) is 16.3. The number of aromatic nitrogens is 3. The van der Waals surface area contributed by atoms with E-state index in [4.69, 9.17) is 4.42 Å². The Balaban J connectivity index is 1.80. The standard InChI is InChI=1S/C22H15N3O3/c26-14-7-5-13(6-8-14)11-17-22-19(20(25-17)16-9-10-23-12-24-16)21(27)15-3-1-2-4-18(15)28-22/h1-10,12,25-26H,11H2. The van der Waals surface area contributed by atoms with Crippen molar-refractivity contribution in [1.82, 2.24) is 15.0 Å². The van der Waals surface area contributed by atoms with E-state index in [1.165, 1.54) is 6.33 Å². The molecule has 5 aromatic rings. The van der Waals surface area contributed by atoms with E-state index in [1.54, 1.807) is 36.5 Å². The number of phenols is 1. The van der Waals surface area contributed by atoms with Gasteiger partial charge in [0, 0.05) is 12.6 Å². The topological polar surface area (TPSA) is 92.0 Å². The van der Waals surface area contributed by atoms with Gasteiger partial charge in [0.2, 0.25) is 5.43 Å². The van der Waals surface area contributed by atoms with Gasteiger partial charge in [0.05, 0.1) is 27.9 Å². The summed E-state index contributed by atoms with van der Waals surface area (Å²) in [5, 5.41) is 10.5. The zero-order valence-corrected chi connectivity index (χ0v) is 14.7. The molecule has 6 heteroatoms. The molecule has 5 rings (SSSR count). The number of aromatic hydroxyl groups is 1. The fourth-order valence-electron chi connectivity index (χ4n) is 3.42. The minimum absolute atomic E-state index is 0.0985. The molecule has 0 saturated heterocycles. The molecule has 28 heavy (non-hydrogen) atoms. The van der Waals surface area contributed by atoms with Crippen molar-refractivity contribution in [2.75, 3.05) is 0 Å². The van der Waals surface area contributed by atoms with Crippen LogP contribution in [0.4, 0.5) is 0 Å². The fourth-order valence-corrected chi connectivity index (χ4v) is 3.42. The smallest absolute Gasteiger partial charge is 0.202 e. The number of nitrogens with one attached hydrogen (secondary N) is 1. The van der Waals surface area contributed by atoms with Crippen molar-refractivity contribution >= 4 is 21.9 Å². The van der Waals surface area contributed by atoms with Gasteiger partial charge in [-0.3, -0.25) is 4.79 Å². The van der Waals surface area contributed by atoms with Gasteiger partial charge >= 0.3 is 0 Å². The molecule has 136 valence electrons. The van der Waals surface area contributed by atoms with Crippen molar-refractivity contribution in [3.05, 3.63) is 88.6 Å². The van der Waals surface area contributed by atoms with Crippen LogP contribution in [0, 0.1) is 0 Å². The molecule has 0 aliphatic carbocycles. The number of hydrogen-bond donors (Lipinski definition) is 2. The van der Waals surface area contributed by atoms with Crippen LogP contribution in [-0.2, 0) is 6.42 Å². The van der Waals surface area contributed by atoms with E-state index in [9.17, 15) is 9.90 Å². The van der Waals surface area contributed by atoms with E-state index in [2.05, 4.69) is 15.0 Å². The lowest BCUT2D eigenvalue weighted by Crippen LogP contribution is -2.02. The van der Waals surface area contributed by atoms with Crippen LogP contribution in [0.5, 0.6) is 5.75 Å². The summed E-state index contributed by atoms with van der Waals surface area (Å²) in [5.41, 5.74) is 3.96. The Labute approximate surface area is 159 Å². The summed E-state index contributed by atoms with van der Waals surface area (Å²) in [6.45, 7) is 0. The third-order valence-electron chi connectivity index (χ3n) is 4.75. The van der Waals surface area contributed by atoms with Gasteiger partial charge in [0.15, 0.2) is 5.58 Å². The quantitative estimate of drug-likeness (QED) is 0.501. The molecule has 0 saturated carbocycles. The van der Waals surface area contributed by atoms with Gasteiger partial charge in [-0.15, -0.1) is 0 Å². The van der Waals surface area contributed by atoms with Gasteiger partial charge in [0.25, 0.3) is 0 Å². The monoisotopic (exact) mass is 369 g/mol. The van der Waals surface area contributed by atoms with Crippen molar-refractivity contribution in [2.45, 2.75) is 6.42 Å². The van der Waals surface area contributed by atoms with Gasteiger partial charge in [-0.2, -0.15) is 0 Å². The van der Waals surface area contributed by atoms with Crippen molar-refractivity contribution in [2.24, 2.45) is 0 Å². The molecule has 0 atom stereocenters. The minimum Gasteiger partial charge on any atom is -0.508 e. The second-order valence-corrected chi connectivity index (χ2v) is 6.55. The first-order chi connectivity index (χ1) is 13.7. The molecule has 0 radical (unpaired) electrons. The highest BCUT2D eigenvalue weighted by Crippen LogP contribution is 2.31. The maximum Gasteiger partial charge on any atom is 0.202 e. The molecular formula is C22H15N3O3. The molecule has 0 aliphatic heterocycles. The van der Waals surface area contributed by atoms with Gasteiger partial charge < -0.3 is 14.5 Å². The maximum absolute atomic E-state index is 13.2. The van der Waals surface area contributed by atoms with Crippen LogP contribution in [0.1, 0.15) is 11.3 Å². The zero-order chi connectivity index (χ0) is 19.1. The molecule has 0 unspecified atom stereocenters. The lowest BCUT2D eigenvalue weighted by atomic mass is 10.1. The van der Waals surface area contributed by atoms with Crippen LogP contribution in [-0.4, -0.2) is 20.1 Å². The second-order valence-electron chi connectivity index (χ2n) is 6.55. The Morgan fingerprint density at radius 3 is 2.64 bits per heavy atom.